The number of carbonyl (C=O) groups excluding carboxylic acids is 1. The van der Waals surface area contributed by atoms with Crippen LogP contribution >= 0.6 is 11.3 Å². The largest absolute Gasteiger partial charge is 0.287 e. The summed E-state index contributed by atoms with van der Waals surface area (Å²) < 4.78 is 1.70. The first-order valence-corrected chi connectivity index (χ1v) is 10.9. The monoisotopic (exact) mass is 429 g/mol. The Morgan fingerprint density at radius 1 is 1.13 bits per heavy atom. The van der Waals surface area contributed by atoms with Gasteiger partial charge in [0.1, 0.15) is 0 Å². The molecule has 0 N–H and O–H groups in total. The molecule has 31 heavy (non-hydrogen) atoms. The van der Waals surface area contributed by atoms with Crippen LogP contribution in [-0.2, 0) is 6.54 Å². The van der Waals surface area contributed by atoms with Crippen LogP contribution in [0.1, 0.15) is 35.0 Å². The summed E-state index contributed by atoms with van der Waals surface area (Å²) in [5.41, 5.74) is 3.64. The van der Waals surface area contributed by atoms with E-state index in [4.69, 9.17) is 0 Å². The zero-order valence-electron chi connectivity index (χ0n) is 16.8. The third-order valence-corrected chi connectivity index (χ3v) is 5.84. The van der Waals surface area contributed by atoms with Crippen molar-refractivity contribution in [2.45, 2.75) is 26.3 Å². The molecular formula is C22H19N7OS. The van der Waals surface area contributed by atoms with Crippen LogP contribution in [0, 0.1) is 0 Å². The summed E-state index contributed by atoms with van der Waals surface area (Å²) in [4.78, 5) is 19.6. The van der Waals surface area contributed by atoms with Gasteiger partial charge in [-0.2, -0.15) is 9.90 Å². The predicted molar refractivity (Wildman–Crippen MR) is 118 cm³/mol. The average Bonchev–Trinajstić information content (AvgIpc) is 3.58. The Hall–Kier alpha value is -3.72. The fraction of sp³-hybridized carbons (Fsp3) is 0.182. The lowest BCUT2D eigenvalue weighted by atomic mass is 10.1. The first-order chi connectivity index (χ1) is 15.2. The molecule has 0 unspecified atom stereocenters. The van der Waals surface area contributed by atoms with Gasteiger partial charge in [-0.25, -0.2) is 9.50 Å². The zero-order valence-corrected chi connectivity index (χ0v) is 17.7. The molecule has 1 aromatic carbocycles. The maximum absolute atomic E-state index is 12.8. The molecule has 5 aromatic rings. The molecule has 0 saturated heterocycles. The average molecular weight is 430 g/mol. The number of aromatic nitrogens is 7. The predicted octanol–water partition coefficient (Wildman–Crippen LogP) is 4.14. The van der Waals surface area contributed by atoms with E-state index in [-0.39, 0.29) is 5.78 Å². The zero-order chi connectivity index (χ0) is 21.2. The van der Waals surface area contributed by atoms with E-state index in [0.717, 1.165) is 36.2 Å². The van der Waals surface area contributed by atoms with Crippen molar-refractivity contribution in [3.8, 4) is 22.6 Å². The van der Waals surface area contributed by atoms with Crippen LogP contribution in [-0.4, -0.2) is 40.6 Å². The molecule has 0 saturated carbocycles. The summed E-state index contributed by atoms with van der Waals surface area (Å²) in [7, 11) is 0. The number of rotatable bonds is 7. The van der Waals surface area contributed by atoms with E-state index in [0.29, 0.717) is 21.9 Å². The lowest BCUT2D eigenvalue weighted by Gasteiger charge is -2.06. The number of ketones is 1. The van der Waals surface area contributed by atoms with E-state index >= 15 is 0 Å². The molecule has 9 heteroatoms. The van der Waals surface area contributed by atoms with Crippen LogP contribution in [0.2, 0.25) is 0 Å². The fourth-order valence-electron chi connectivity index (χ4n) is 3.38. The van der Waals surface area contributed by atoms with Crippen LogP contribution in [0.5, 0.6) is 0 Å². The smallest absolute Gasteiger partial charge is 0.208 e. The molecule has 0 amide bonds. The molecular weight excluding hydrogens is 410 g/mol. The molecule has 0 bridgehead atoms. The second-order valence-electron chi connectivity index (χ2n) is 7.07. The van der Waals surface area contributed by atoms with Gasteiger partial charge in [0.15, 0.2) is 5.65 Å². The summed E-state index contributed by atoms with van der Waals surface area (Å²) >= 11 is 1.41. The molecule has 5 rings (SSSR count). The third-order valence-electron chi connectivity index (χ3n) is 4.97. The van der Waals surface area contributed by atoms with Crippen LogP contribution in [0.15, 0.2) is 60.2 Å². The molecule has 0 fully saturated rings. The summed E-state index contributed by atoms with van der Waals surface area (Å²) in [5, 5.41) is 19.2. The molecule has 0 aliphatic heterocycles. The Morgan fingerprint density at radius 2 is 2.03 bits per heavy atom. The highest BCUT2D eigenvalue weighted by Crippen LogP contribution is 2.26. The van der Waals surface area contributed by atoms with Gasteiger partial charge in [0.05, 0.1) is 28.9 Å². The molecule has 154 valence electrons. The van der Waals surface area contributed by atoms with Gasteiger partial charge in [0.25, 0.3) is 0 Å². The molecule has 8 nitrogen and oxygen atoms in total. The Morgan fingerprint density at radius 3 is 2.87 bits per heavy atom. The van der Waals surface area contributed by atoms with Crippen molar-refractivity contribution >= 4 is 22.8 Å². The highest BCUT2D eigenvalue weighted by atomic mass is 32.1. The second kappa shape index (κ2) is 8.19. The van der Waals surface area contributed by atoms with Gasteiger partial charge in [0.2, 0.25) is 11.6 Å². The first kappa shape index (κ1) is 19.3. The maximum atomic E-state index is 12.8. The van der Waals surface area contributed by atoms with Crippen molar-refractivity contribution in [3.05, 3.63) is 70.7 Å². The topological polar surface area (TPSA) is 90.9 Å². The number of fused-ring (bicyclic) bond motifs is 1. The minimum Gasteiger partial charge on any atom is -0.287 e. The Balaban J connectivity index is 1.52. The van der Waals surface area contributed by atoms with Crippen LogP contribution in [0.3, 0.4) is 0 Å². The van der Waals surface area contributed by atoms with Crippen molar-refractivity contribution in [1.29, 1.82) is 0 Å². The van der Waals surface area contributed by atoms with Crippen LogP contribution in [0.4, 0.5) is 0 Å². The Kier molecular flexibility index (Phi) is 5.09. The van der Waals surface area contributed by atoms with Crippen molar-refractivity contribution < 1.29 is 4.79 Å². The van der Waals surface area contributed by atoms with Crippen molar-refractivity contribution in [2.24, 2.45) is 0 Å². The van der Waals surface area contributed by atoms with Gasteiger partial charge < -0.3 is 0 Å². The van der Waals surface area contributed by atoms with Crippen LogP contribution in [0.25, 0.3) is 28.3 Å². The van der Waals surface area contributed by atoms with Crippen molar-refractivity contribution in [1.82, 2.24) is 34.8 Å². The number of aryl methyl sites for hydroxylation is 1. The fourth-order valence-corrected chi connectivity index (χ4v) is 4.06. The highest BCUT2D eigenvalue weighted by molar-refractivity contribution is 7.12. The number of nitrogens with zero attached hydrogens (tertiary/aromatic N) is 7. The van der Waals surface area contributed by atoms with E-state index < -0.39 is 0 Å². The standard InChI is InChI=1S/C22H19N7OS/c1-2-3-11-28-26-21(25-27-28)16-7-4-6-15(13-16)18-9-10-23-22-17(14-24-29(18)22)20(30)19-8-5-12-31-19/h4-10,12-14H,2-3,11H2,1H3. The SMILES string of the molecule is CCCCn1nnc(-c2cccc(-c3ccnc4c(C(=O)c5cccs5)cnn34)c2)n1. The highest BCUT2D eigenvalue weighted by Gasteiger charge is 2.18. The van der Waals surface area contributed by atoms with Gasteiger partial charge in [-0.15, -0.1) is 21.5 Å². The molecule has 0 spiro atoms. The molecule has 0 atom stereocenters. The lowest BCUT2D eigenvalue weighted by molar-refractivity contribution is 0.104. The van der Waals surface area contributed by atoms with Gasteiger partial charge in [-0.3, -0.25) is 4.79 Å². The molecule has 0 aliphatic carbocycles. The molecule has 4 aromatic heterocycles. The first-order valence-electron chi connectivity index (χ1n) is 10.0. The summed E-state index contributed by atoms with van der Waals surface area (Å²) in [6.07, 6.45) is 5.37. The van der Waals surface area contributed by atoms with E-state index in [1.165, 1.54) is 11.3 Å². The summed E-state index contributed by atoms with van der Waals surface area (Å²) in [6.45, 7) is 2.88. The molecule has 0 aliphatic rings. The Bertz CT molecular complexity index is 1350. The number of hydrogen-bond acceptors (Lipinski definition) is 7. The third kappa shape index (κ3) is 3.64. The quantitative estimate of drug-likeness (QED) is 0.361. The van der Waals surface area contributed by atoms with E-state index in [2.05, 4.69) is 32.4 Å². The van der Waals surface area contributed by atoms with Gasteiger partial charge in [-0.1, -0.05) is 37.6 Å². The Labute approximate surface area is 182 Å². The molecule has 4 heterocycles. The second-order valence-corrected chi connectivity index (χ2v) is 8.02. The van der Waals surface area contributed by atoms with Gasteiger partial charge in [0, 0.05) is 17.3 Å². The minimum absolute atomic E-state index is 0.0729. The molecule has 0 radical (unpaired) electrons. The lowest BCUT2D eigenvalue weighted by Crippen LogP contribution is -2.02. The van der Waals surface area contributed by atoms with E-state index in [9.17, 15) is 4.79 Å². The maximum Gasteiger partial charge on any atom is 0.208 e. The van der Waals surface area contributed by atoms with E-state index in [1.807, 2.05) is 47.8 Å². The van der Waals surface area contributed by atoms with Crippen molar-refractivity contribution in [2.75, 3.05) is 0 Å². The summed E-state index contributed by atoms with van der Waals surface area (Å²) in [6, 6.07) is 13.4. The van der Waals surface area contributed by atoms with Gasteiger partial charge >= 0.3 is 0 Å². The summed E-state index contributed by atoms with van der Waals surface area (Å²) in [5.74, 6) is 0.508. The number of benzene rings is 1. The van der Waals surface area contributed by atoms with Crippen LogP contribution < -0.4 is 0 Å². The number of thiophene rings is 1. The number of carbonyl (C=O) groups is 1. The number of tetrazole rings is 1. The normalized spacial score (nSPS) is 11.3. The minimum atomic E-state index is -0.0729. The number of hydrogen-bond donors (Lipinski definition) is 0. The van der Waals surface area contributed by atoms with Crippen molar-refractivity contribution in [3.63, 3.8) is 0 Å². The number of unbranched alkanes of at least 4 members (excludes halogenated alkanes) is 1. The van der Waals surface area contributed by atoms with Gasteiger partial charge in [-0.05, 0) is 35.2 Å². The van der Waals surface area contributed by atoms with E-state index in [1.54, 1.807) is 21.7 Å².